The third-order valence-electron chi connectivity index (χ3n) is 4.57. The highest BCUT2D eigenvalue weighted by Crippen LogP contribution is 2.31. The lowest BCUT2D eigenvalue weighted by atomic mass is 10.1. The van der Waals surface area contributed by atoms with Gasteiger partial charge in [-0.3, -0.25) is 5.01 Å². The maximum absolute atomic E-state index is 4.79. The van der Waals surface area contributed by atoms with Crippen LogP contribution in [0.25, 0.3) is 10.9 Å². The quantitative estimate of drug-likeness (QED) is 0.524. The summed E-state index contributed by atoms with van der Waals surface area (Å²) in [7, 11) is 2.07. The molecule has 0 radical (unpaired) electrons. The number of hydrogen-bond donors (Lipinski definition) is 0. The van der Waals surface area contributed by atoms with Gasteiger partial charge in [-0.15, -0.1) is 0 Å². The molecular weight excluding hydrogens is 282 g/mol. The van der Waals surface area contributed by atoms with Crippen molar-refractivity contribution in [1.29, 1.82) is 0 Å². The molecule has 2 aromatic carbocycles. The molecule has 3 heteroatoms. The van der Waals surface area contributed by atoms with Crippen LogP contribution in [0.3, 0.4) is 0 Å². The second-order valence-corrected chi connectivity index (χ2v) is 6.17. The van der Waals surface area contributed by atoms with Crippen LogP contribution in [0.5, 0.6) is 0 Å². The summed E-state index contributed by atoms with van der Waals surface area (Å²) in [6.07, 6.45) is 5.13. The topological polar surface area (TPSA) is 19.5 Å². The van der Waals surface area contributed by atoms with Crippen molar-refractivity contribution in [2.75, 3.05) is 5.01 Å². The lowest BCUT2D eigenvalue weighted by Crippen LogP contribution is -2.28. The average molecular weight is 302 g/mol. The molecule has 1 aliphatic rings. The minimum Gasteiger partial charge on any atom is -0.262 e. The second kappa shape index (κ2) is 5.51. The van der Waals surface area contributed by atoms with Crippen molar-refractivity contribution >= 4 is 22.8 Å². The summed E-state index contributed by atoms with van der Waals surface area (Å²) in [5.74, 6) is 0. The summed E-state index contributed by atoms with van der Waals surface area (Å²) in [6, 6.07) is 19.5. The van der Waals surface area contributed by atoms with Gasteiger partial charge in [0.25, 0.3) is 0 Å². The molecule has 0 amide bonds. The fourth-order valence-corrected chi connectivity index (χ4v) is 3.35. The smallest absolute Gasteiger partial charge is 0.212 e. The average Bonchev–Trinajstić information content (AvgIpc) is 2.90. The Morgan fingerprint density at radius 3 is 2.78 bits per heavy atom. The Labute approximate surface area is 136 Å². The highest BCUT2D eigenvalue weighted by Gasteiger charge is 2.24. The van der Waals surface area contributed by atoms with E-state index in [4.69, 9.17) is 5.10 Å². The predicted octanol–water partition coefficient (Wildman–Crippen LogP) is 3.45. The summed E-state index contributed by atoms with van der Waals surface area (Å²) in [5.41, 5.74) is 4.96. The van der Waals surface area contributed by atoms with E-state index in [2.05, 4.69) is 84.3 Å². The third-order valence-corrected chi connectivity index (χ3v) is 4.57. The molecule has 1 unspecified atom stereocenters. The highest BCUT2D eigenvalue weighted by atomic mass is 15.5. The first-order valence-electron chi connectivity index (χ1n) is 8.02. The van der Waals surface area contributed by atoms with E-state index < -0.39 is 0 Å². The van der Waals surface area contributed by atoms with Gasteiger partial charge < -0.3 is 0 Å². The molecule has 23 heavy (non-hydrogen) atoms. The fourth-order valence-electron chi connectivity index (χ4n) is 3.35. The molecule has 0 saturated heterocycles. The number of fused-ring (bicyclic) bond motifs is 2. The summed E-state index contributed by atoms with van der Waals surface area (Å²) in [6.45, 7) is 2.22. The van der Waals surface area contributed by atoms with Gasteiger partial charge in [0.15, 0.2) is 6.20 Å². The largest absolute Gasteiger partial charge is 0.262 e. The molecule has 0 fully saturated rings. The number of para-hydroxylation sites is 2. The molecule has 4 rings (SSSR count). The Hall–Kier alpha value is -2.68. The molecule has 2 heterocycles. The van der Waals surface area contributed by atoms with Crippen molar-refractivity contribution < 1.29 is 4.57 Å². The molecule has 3 nitrogen and oxygen atoms in total. The SMILES string of the molecule is CC1Cc2ccccc2N1/N=C/c1cc[n+](C)c2ccccc12. The molecule has 0 saturated carbocycles. The predicted molar refractivity (Wildman–Crippen MR) is 94.8 cm³/mol. The van der Waals surface area contributed by atoms with Crippen LogP contribution in [0.1, 0.15) is 18.1 Å². The van der Waals surface area contributed by atoms with Crippen molar-refractivity contribution in [3.63, 3.8) is 0 Å². The zero-order valence-corrected chi connectivity index (χ0v) is 13.5. The highest BCUT2D eigenvalue weighted by molar-refractivity contribution is 5.97. The number of pyridine rings is 1. The van der Waals surface area contributed by atoms with Crippen LogP contribution in [0.4, 0.5) is 5.69 Å². The van der Waals surface area contributed by atoms with Crippen LogP contribution in [0, 0.1) is 0 Å². The second-order valence-electron chi connectivity index (χ2n) is 6.17. The minimum atomic E-state index is 0.398. The monoisotopic (exact) mass is 302 g/mol. The van der Waals surface area contributed by atoms with E-state index in [1.807, 2.05) is 6.21 Å². The molecule has 1 aromatic heterocycles. The first-order chi connectivity index (χ1) is 11.2. The minimum absolute atomic E-state index is 0.398. The zero-order chi connectivity index (χ0) is 15.8. The van der Waals surface area contributed by atoms with Gasteiger partial charge in [-0.2, -0.15) is 5.10 Å². The molecule has 3 aromatic rings. The zero-order valence-electron chi connectivity index (χ0n) is 13.5. The van der Waals surface area contributed by atoms with Gasteiger partial charge in [-0.25, -0.2) is 4.57 Å². The molecule has 1 atom stereocenters. The first-order valence-corrected chi connectivity index (χ1v) is 8.02. The van der Waals surface area contributed by atoms with Crippen LogP contribution in [0.15, 0.2) is 65.9 Å². The Morgan fingerprint density at radius 1 is 1.09 bits per heavy atom. The lowest BCUT2D eigenvalue weighted by Gasteiger charge is -2.18. The number of hydrogen-bond acceptors (Lipinski definition) is 2. The van der Waals surface area contributed by atoms with Gasteiger partial charge in [0.2, 0.25) is 5.52 Å². The molecular formula is C20H20N3+. The van der Waals surface area contributed by atoms with Crippen molar-refractivity contribution in [2.24, 2.45) is 12.1 Å². The van der Waals surface area contributed by atoms with E-state index in [1.54, 1.807) is 0 Å². The van der Waals surface area contributed by atoms with Gasteiger partial charge in [-0.1, -0.05) is 30.3 Å². The molecule has 0 aliphatic carbocycles. The molecule has 0 bridgehead atoms. The maximum Gasteiger partial charge on any atom is 0.212 e. The lowest BCUT2D eigenvalue weighted by molar-refractivity contribution is -0.644. The van der Waals surface area contributed by atoms with E-state index in [0.29, 0.717) is 6.04 Å². The Balaban J connectivity index is 1.74. The molecule has 0 N–H and O–H groups in total. The molecule has 0 spiro atoms. The van der Waals surface area contributed by atoms with E-state index in [-0.39, 0.29) is 0 Å². The van der Waals surface area contributed by atoms with E-state index in [1.165, 1.54) is 22.2 Å². The summed E-state index contributed by atoms with van der Waals surface area (Å²) < 4.78 is 2.14. The van der Waals surface area contributed by atoms with Gasteiger partial charge in [-0.05, 0) is 31.0 Å². The van der Waals surface area contributed by atoms with Crippen LogP contribution < -0.4 is 9.58 Å². The normalized spacial score (nSPS) is 17.1. The number of anilines is 1. The Kier molecular flexibility index (Phi) is 3.34. The van der Waals surface area contributed by atoms with E-state index >= 15 is 0 Å². The number of aromatic nitrogens is 1. The summed E-state index contributed by atoms with van der Waals surface area (Å²) in [5, 5.41) is 8.15. The van der Waals surface area contributed by atoms with Crippen LogP contribution in [-0.4, -0.2) is 12.3 Å². The number of nitrogens with zero attached hydrogens (tertiary/aromatic N) is 3. The third kappa shape index (κ3) is 2.38. The van der Waals surface area contributed by atoms with Crippen LogP contribution in [-0.2, 0) is 13.5 Å². The Bertz CT molecular complexity index is 898. The van der Waals surface area contributed by atoms with E-state index in [0.717, 1.165) is 12.0 Å². The van der Waals surface area contributed by atoms with Crippen molar-refractivity contribution in [3.05, 3.63) is 71.9 Å². The number of benzene rings is 2. The van der Waals surface area contributed by atoms with Gasteiger partial charge >= 0.3 is 0 Å². The summed E-state index contributed by atoms with van der Waals surface area (Å²) >= 11 is 0. The van der Waals surface area contributed by atoms with Crippen molar-refractivity contribution in [1.82, 2.24) is 0 Å². The van der Waals surface area contributed by atoms with Gasteiger partial charge in [0.05, 0.1) is 23.3 Å². The van der Waals surface area contributed by atoms with Crippen molar-refractivity contribution in [2.45, 2.75) is 19.4 Å². The molecule has 114 valence electrons. The van der Waals surface area contributed by atoms with Crippen molar-refractivity contribution in [3.8, 4) is 0 Å². The molecule has 1 aliphatic heterocycles. The standard InChI is InChI=1S/C20H20N3/c1-15-13-16-7-3-5-9-19(16)23(15)21-14-17-11-12-22(2)20-10-6-4-8-18(17)20/h3-12,14-15H,13H2,1-2H3/q+1. The number of aryl methyl sites for hydroxylation is 1. The van der Waals surface area contributed by atoms with Gasteiger partial charge in [0, 0.05) is 17.7 Å². The van der Waals surface area contributed by atoms with Crippen LogP contribution >= 0.6 is 0 Å². The number of rotatable bonds is 2. The van der Waals surface area contributed by atoms with E-state index in [9.17, 15) is 0 Å². The maximum atomic E-state index is 4.79. The number of hydrazone groups is 1. The Morgan fingerprint density at radius 2 is 1.87 bits per heavy atom. The van der Waals surface area contributed by atoms with Crippen LogP contribution in [0.2, 0.25) is 0 Å². The first kappa shape index (κ1) is 13.9. The summed E-state index contributed by atoms with van der Waals surface area (Å²) in [4.78, 5) is 0. The fraction of sp³-hybridized carbons (Fsp3) is 0.200. The van der Waals surface area contributed by atoms with Gasteiger partial charge in [0.1, 0.15) is 7.05 Å².